The van der Waals surface area contributed by atoms with Gasteiger partial charge in [0.2, 0.25) is 0 Å². The van der Waals surface area contributed by atoms with Gasteiger partial charge in [-0.25, -0.2) is 0 Å². The molecule has 12 unspecified atom stereocenters. The smallest absolute Gasteiger partial charge is 0.0343 e. The first kappa shape index (κ1) is 46.0. The van der Waals surface area contributed by atoms with Gasteiger partial charge in [0.15, 0.2) is 0 Å². The highest BCUT2D eigenvalue weighted by Gasteiger charge is 2.46. The van der Waals surface area contributed by atoms with Crippen LogP contribution in [0.4, 0.5) is 0 Å². The minimum Gasteiger partial charge on any atom is -0.769 e. The van der Waals surface area contributed by atoms with E-state index in [1.807, 2.05) is 0 Å². The summed E-state index contributed by atoms with van der Waals surface area (Å²) in [5.41, 5.74) is 3.32. The van der Waals surface area contributed by atoms with E-state index in [4.69, 9.17) is 0 Å². The third kappa shape index (κ3) is 9.39. The molecule has 0 aromatic heterocycles. The van der Waals surface area contributed by atoms with E-state index in [-0.39, 0.29) is 91.6 Å². The average molecular weight is 955 g/mol. The van der Waals surface area contributed by atoms with E-state index in [1.165, 1.54) is 48.5 Å². The Balaban J connectivity index is 1.15. The van der Waals surface area contributed by atoms with E-state index < -0.39 is 43.5 Å². The molecule has 0 amide bonds. The third-order valence-corrected chi connectivity index (χ3v) is 17.0. The largest absolute Gasteiger partial charge is 0.769 e. The van der Waals surface area contributed by atoms with Crippen LogP contribution in [0.25, 0.3) is 0 Å². The van der Waals surface area contributed by atoms with Crippen LogP contribution >= 0.6 is 43.5 Å². The summed E-state index contributed by atoms with van der Waals surface area (Å²) in [6.45, 7) is 0. The van der Waals surface area contributed by atoms with Crippen molar-refractivity contribution in [1.82, 2.24) is 21.3 Å². The molecule has 16 nitrogen and oxygen atoms in total. The molecule has 4 aromatic rings. The predicted octanol–water partition coefficient (Wildman–Crippen LogP) is 7.91. The van der Waals surface area contributed by atoms with Crippen LogP contribution in [0.2, 0.25) is 0 Å². The molecule has 12 N–H and O–H groups in total. The molecule has 8 bridgehead atoms. The molecule has 2 saturated heterocycles. The topological polar surface area (TPSA) is 302 Å². The quantitative estimate of drug-likeness (QED) is 0.0747. The minimum atomic E-state index is -4.22. The first-order valence-corrected chi connectivity index (χ1v) is 26.6. The monoisotopic (exact) mass is 954 g/mol. The van der Waals surface area contributed by atoms with Crippen LogP contribution in [-0.4, -0.2) is 103 Å². The van der Waals surface area contributed by atoms with Gasteiger partial charge >= 0.3 is 0 Å². The zero-order chi connectivity index (χ0) is 45.3. The predicted molar refractivity (Wildman–Crippen MR) is 244 cm³/mol. The van der Waals surface area contributed by atoms with Gasteiger partial charge in [-0.15, -0.1) is 0 Å². The van der Waals surface area contributed by atoms with Gasteiger partial charge < -0.3 is 75.9 Å². The maximum Gasteiger partial charge on any atom is 0.0343 e. The number of hydrogen-bond acceptors (Lipinski definition) is 16. The molecule has 0 saturated carbocycles. The number of nitrogens with one attached hydrogen (secondary N) is 4. The van der Waals surface area contributed by atoms with Crippen LogP contribution < -0.4 is 21.3 Å². The van der Waals surface area contributed by atoms with Gasteiger partial charge in [-0.2, -0.15) is 0 Å². The lowest BCUT2D eigenvalue weighted by Crippen LogP contribution is -2.52. The van der Waals surface area contributed by atoms with Crippen LogP contribution in [0, 0.1) is 0 Å². The Bertz CT molecular complexity index is 2220. The fourth-order valence-electron chi connectivity index (χ4n) is 10.6. The van der Waals surface area contributed by atoms with E-state index in [9.17, 15) is 54.6 Å². The fourth-order valence-corrected chi connectivity index (χ4v) is 12.5. The molecule has 346 valence electrons. The van der Waals surface area contributed by atoms with Gasteiger partial charge in [0, 0.05) is 91.6 Å². The fraction of sp³-hybridized carbons (Fsp3) is 0.318. The van der Waals surface area contributed by atoms with Crippen LogP contribution in [0.15, 0.2) is 153 Å². The van der Waals surface area contributed by atoms with Crippen LogP contribution in [0.1, 0.15) is 58.8 Å². The summed E-state index contributed by atoms with van der Waals surface area (Å²) < 4.78 is 128. The van der Waals surface area contributed by atoms with Crippen LogP contribution in [0.5, 0.6) is 0 Å². The molecule has 20 heteroatoms. The van der Waals surface area contributed by atoms with Gasteiger partial charge in [-0.3, -0.25) is 0 Å². The van der Waals surface area contributed by atoms with Crippen molar-refractivity contribution in [1.29, 1.82) is 0 Å². The third-order valence-electron chi connectivity index (χ3n) is 13.4. The summed E-state index contributed by atoms with van der Waals surface area (Å²) >= 11 is 0. The van der Waals surface area contributed by atoms with E-state index in [0.717, 1.165) is 35.1 Å². The molecule has 4 aromatic carbocycles. The number of hydrogen-bond donors (Lipinski definition) is 12. The van der Waals surface area contributed by atoms with E-state index in [2.05, 4.69) is 57.7 Å². The highest BCUT2D eigenvalue weighted by molar-refractivity contribution is 8.20. The summed E-state index contributed by atoms with van der Waals surface area (Å²) in [5, 5.41) is 15.5. The number of rotatable bonds is 8. The summed E-state index contributed by atoms with van der Waals surface area (Å²) in [6, 6.07) is 23.3. The summed E-state index contributed by atoms with van der Waals surface area (Å²) in [7, 11) is -16.9. The molecule has 0 spiro atoms. The van der Waals surface area contributed by atoms with Gasteiger partial charge in [0.05, 0.1) is 0 Å². The zero-order valence-electron chi connectivity index (χ0n) is 33.9. The first-order chi connectivity index (χ1) is 30.2. The first-order valence-electron chi connectivity index (χ1n) is 20.7. The Morgan fingerprint density at radius 3 is 0.734 bits per heavy atom. The Morgan fingerprint density at radius 2 is 0.516 bits per heavy atom. The van der Waals surface area contributed by atoms with Gasteiger partial charge in [-0.1, -0.05) is 128 Å². The molecular weight excluding hydrogens is 905 g/mol. The van der Waals surface area contributed by atoms with Crippen molar-refractivity contribution in [2.24, 2.45) is 0 Å². The molecule has 64 heavy (non-hydrogen) atoms. The van der Waals surface area contributed by atoms with Crippen molar-refractivity contribution in [3.05, 3.63) is 156 Å². The number of fused-ring (bicyclic) bond motifs is 8. The number of benzene rings is 4. The van der Waals surface area contributed by atoms with Crippen LogP contribution in [-0.2, 0) is 0 Å². The minimum absolute atomic E-state index is 0.121. The van der Waals surface area contributed by atoms with E-state index >= 15 is 0 Å². The highest BCUT2D eigenvalue weighted by Crippen LogP contribution is 2.49. The maximum absolute atomic E-state index is 12.2. The van der Waals surface area contributed by atoms with Gasteiger partial charge in [0.1, 0.15) is 0 Å². The van der Waals surface area contributed by atoms with Crippen molar-refractivity contribution in [3.8, 4) is 0 Å². The summed E-state index contributed by atoms with van der Waals surface area (Å²) in [5.74, 6) is -1.10. The SMILES string of the molecule is [O-]S(O)(O)c1ccc(C2C3C=CC(N3)C(c3ccc(S([O-])(O)O)cc3)C3C=CC(N3)C(c3ccc(S([O-])(O)O)cc3)C3CCC(N3)C(c3ccc(S([O-])(O)O)cc3)C3C=CC2N3)cc1. The van der Waals surface area contributed by atoms with Crippen molar-refractivity contribution in [2.75, 3.05) is 0 Å². The second-order valence-electron chi connectivity index (χ2n) is 17.1. The summed E-state index contributed by atoms with van der Waals surface area (Å²) in [4.78, 5) is -0.506. The molecule has 9 rings (SSSR count). The Morgan fingerprint density at radius 1 is 0.312 bits per heavy atom. The van der Waals surface area contributed by atoms with Crippen LogP contribution in [0.3, 0.4) is 0 Å². The Labute approximate surface area is 377 Å². The zero-order valence-corrected chi connectivity index (χ0v) is 37.2. The molecule has 2 fully saturated rings. The Kier molecular flexibility index (Phi) is 12.6. The van der Waals surface area contributed by atoms with Crippen molar-refractivity contribution in [3.63, 3.8) is 0 Å². The second kappa shape index (κ2) is 17.5. The summed E-state index contributed by atoms with van der Waals surface area (Å²) in [6.07, 6.45) is 14.0. The lowest BCUT2D eigenvalue weighted by atomic mass is 9.83. The normalized spacial score (nSPS) is 32.8. The molecule has 5 aliphatic heterocycles. The molecular formula is C44H50N4O12S4-4. The molecule has 5 heterocycles. The van der Waals surface area contributed by atoms with Gasteiger partial charge in [-0.05, 0) is 83.6 Å². The van der Waals surface area contributed by atoms with Crippen molar-refractivity contribution >= 4 is 43.5 Å². The molecule has 5 aliphatic rings. The maximum atomic E-state index is 12.2. The molecule has 12 atom stereocenters. The van der Waals surface area contributed by atoms with E-state index in [1.54, 1.807) is 48.5 Å². The van der Waals surface area contributed by atoms with Crippen molar-refractivity contribution in [2.45, 2.75) is 104 Å². The van der Waals surface area contributed by atoms with Gasteiger partial charge in [0.25, 0.3) is 0 Å². The van der Waals surface area contributed by atoms with Crippen molar-refractivity contribution < 1.29 is 54.6 Å². The Hall–Kier alpha value is -3.14. The average Bonchev–Trinajstić information content (AvgIpc) is 4.08. The molecule has 0 radical (unpaired) electrons. The lowest BCUT2D eigenvalue weighted by Gasteiger charge is -2.39. The van der Waals surface area contributed by atoms with E-state index in [0.29, 0.717) is 0 Å². The molecule has 0 aliphatic carbocycles. The highest BCUT2D eigenvalue weighted by atomic mass is 32.3. The lowest BCUT2D eigenvalue weighted by molar-refractivity contribution is 0.322. The standard InChI is InChI=1S/C44H54N4O12S4/c49-61(50,51)29-9-1-25(2-10-29)41-33-17-19-35(45-33)42(26-3-11-30(12-4-26)62(52,53)54)37-21-23-39(47-37)44(28-7-15-32(16-8-28)64(58,59)60)40-24-22-38(48-40)43(36-20-18-34(41)46-36)27-5-13-31(14-6-27)63(55,56)57/h1-21,23,33-60H,22,24H2/p-4. The second-order valence-corrected chi connectivity index (χ2v) is 23.0.